The van der Waals surface area contributed by atoms with Gasteiger partial charge in [-0.2, -0.15) is 0 Å². The van der Waals surface area contributed by atoms with Crippen molar-refractivity contribution < 1.29 is 9.18 Å². The van der Waals surface area contributed by atoms with E-state index in [4.69, 9.17) is 0 Å². The zero-order valence-electron chi connectivity index (χ0n) is 16.0. The molecular weight excluding hydrogens is 353 g/mol. The standard InChI is InChI=1S/C23H24FN3O/c1-27-13-12-25-23(27)22(18-8-10-20(24)11-9-18)26-21(28)15-16-6-7-17-4-2-3-5-19(17)14-16/h6-14,22H,2-5,15H2,1H3,(H,26,28). The van der Waals surface area contributed by atoms with Gasteiger partial charge in [0.05, 0.1) is 6.42 Å². The predicted molar refractivity (Wildman–Crippen MR) is 106 cm³/mol. The van der Waals surface area contributed by atoms with Gasteiger partial charge in [-0.25, -0.2) is 9.37 Å². The highest BCUT2D eigenvalue weighted by Crippen LogP contribution is 2.24. The number of amides is 1. The van der Waals surface area contributed by atoms with Crippen molar-refractivity contribution in [1.82, 2.24) is 14.9 Å². The first-order valence-corrected chi connectivity index (χ1v) is 9.73. The van der Waals surface area contributed by atoms with Gasteiger partial charge < -0.3 is 9.88 Å². The zero-order chi connectivity index (χ0) is 19.5. The maximum Gasteiger partial charge on any atom is 0.225 e. The maximum atomic E-state index is 13.4. The summed E-state index contributed by atoms with van der Waals surface area (Å²) in [6.45, 7) is 0. The summed E-state index contributed by atoms with van der Waals surface area (Å²) in [5.74, 6) is 0.334. The van der Waals surface area contributed by atoms with Gasteiger partial charge in [-0.05, 0) is 60.1 Å². The summed E-state index contributed by atoms with van der Waals surface area (Å²) in [4.78, 5) is 17.2. The van der Waals surface area contributed by atoms with Gasteiger partial charge in [-0.3, -0.25) is 4.79 Å². The number of imidazole rings is 1. The molecule has 0 bridgehead atoms. The molecule has 1 aromatic heterocycles. The van der Waals surface area contributed by atoms with E-state index in [1.54, 1.807) is 18.3 Å². The topological polar surface area (TPSA) is 46.9 Å². The average molecular weight is 377 g/mol. The molecule has 144 valence electrons. The lowest BCUT2D eigenvalue weighted by atomic mass is 9.90. The molecule has 1 unspecified atom stereocenters. The van der Waals surface area contributed by atoms with E-state index in [1.807, 2.05) is 17.8 Å². The predicted octanol–water partition coefficient (Wildman–Crippen LogP) is 3.89. The molecule has 0 radical (unpaired) electrons. The van der Waals surface area contributed by atoms with Crippen LogP contribution in [0.15, 0.2) is 54.9 Å². The minimum absolute atomic E-state index is 0.0758. The van der Waals surface area contributed by atoms with Crippen molar-refractivity contribution in [2.75, 3.05) is 0 Å². The Morgan fingerprint density at radius 2 is 1.89 bits per heavy atom. The van der Waals surface area contributed by atoms with Crippen molar-refractivity contribution in [3.63, 3.8) is 0 Å². The summed E-state index contributed by atoms with van der Waals surface area (Å²) < 4.78 is 15.2. The van der Waals surface area contributed by atoms with Gasteiger partial charge in [0.15, 0.2) is 0 Å². The lowest BCUT2D eigenvalue weighted by Crippen LogP contribution is -2.32. The smallest absolute Gasteiger partial charge is 0.225 e. The van der Waals surface area contributed by atoms with E-state index in [2.05, 4.69) is 28.5 Å². The molecule has 28 heavy (non-hydrogen) atoms. The van der Waals surface area contributed by atoms with Crippen LogP contribution in [0.1, 0.15) is 47.0 Å². The quantitative estimate of drug-likeness (QED) is 0.733. The Kier molecular flexibility index (Phi) is 5.24. The Hall–Kier alpha value is -2.95. The van der Waals surface area contributed by atoms with E-state index in [0.717, 1.165) is 24.0 Å². The fraction of sp³-hybridized carbons (Fsp3) is 0.304. The molecule has 1 heterocycles. The molecule has 1 amide bonds. The molecule has 0 saturated heterocycles. The summed E-state index contributed by atoms with van der Waals surface area (Å²) in [6.07, 6.45) is 8.53. The van der Waals surface area contributed by atoms with Crippen molar-refractivity contribution in [1.29, 1.82) is 0 Å². The molecule has 2 aromatic carbocycles. The van der Waals surface area contributed by atoms with Gasteiger partial charge in [0, 0.05) is 19.4 Å². The average Bonchev–Trinajstić information content (AvgIpc) is 3.12. The van der Waals surface area contributed by atoms with Crippen LogP contribution in [0.4, 0.5) is 4.39 Å². The molecule has 1 aliphatic carbocycles. The van der Waals surface area contributed by atoms with Crippen LogP contribution < -0.4 is 5.32 Å². The molecule has 4 rings (SSSR count). The molecule has 0 fully saturated rings. The number of nitrogens with zero attached hydrogens (tertiary/aromatic N) is 2. The van der Waals surface area contributed by atoms with Crippen LogP contribution >= 0.6 is 0 Å². The van der Waals surface area contributed by atoms with E-state index < -0.39 is 6.04 Å². The second kappa shape index (κ2) is 7.97. The number of nitrogens with one attached hydrogen (secondary N) is 1. The van der Waals surface area contributed by atoms with Crippen molar-refractivity contribution in [2.45, 2.75) is 38.1 Å². The summed E-state index contributed by atoms with van der Waals surface area (Å²) in [5.41, 5.74) is 4.61. The lowest BCUT2D eigenvalue weighted by molar-refractivity contribution is -0.121. The number of aromatic nitrogens is 2. The SMILES string of the molecule is Cn1ccnc1C(NC(=O)Cc1ccc2c(c1)CCCC2)c1ccc(F)cc1. The van der Waals surface area contributed by atoms with Crippen LogP contribution in [-0.4, -0.2) is 15.5 Å². The number of hydrogen-bond donors (Lipinski definition) is 1. The minimum atomic E-state index is -0.425. The third-order valence-electron chi connectivity index (χ3n) is 5.40. The molecule has 1 aliphatic rings. The molecule has 3 aromatic rings. The van der Waals surface area contributed by atoms with Crippen LogP contribution in [0.5, 0.6) is 0 Å². The normalized spacial score (nSPS) is 14.4. The van der Waals surface area contributed by atoms with Crippen LogP contribution in [0.2, 0.25) is 0 Å². The van der Waals surface area contributed by atoms with E-state index in [1.165, 1.54) is 36.1 Å². The second-order valence-electron chi connectivity index (χ2n) is 7.44. The van der Waals surface area contributed by atoms with E-state index in [9.17, 15) is 9.18 Å². The number of carbonyl (C=O) groups is 1. The maximum absolute atomic E-state index is 13.4. The number of aryl methyl sites for hydroxylation is 3. The number of carbonyl (C=O) groups excluding carboxylic acids is 1. The van der Waals surface area contributed by atoms with E-state index in [-0.39, 0.29) is 11.7 Å². The molecule has 5 heteroatoms. The molecule has 0 saturated carbocycles. The van der Waals surface area contributed by atoms with Crippen LogP contribution in [0, 0.1) is 5.82 Å². The van der Waals surface area contributed by atoms with Gasteiger partial charge in [0.2, 0.25) is 5.91 Å². The number of benzene rings is 2. The van der Waals surface area contributed by atoms with Gasteiger partial charge in [0.1, 0.15) is 17.7 Å². The fourth-order valence-electron chi connectivity index (χ4n) is 3.90. The molecular formula is C23H24FN3O. The Balaban J connectivity index is 1.54. The van der Waals surface area contributed by atoms with Crippen LogP contribution in [0.25, 0.3) is 0 Å². The summed E-state index contributed by atoms with van der Waals surface area (Å²) >= 11 is 0. The number of halogens is 1. The van der Waals surface area contributed by atoms with E-state index in [0.29, 0.717) is 12.2 Å². The molecule has 0 spiro atoms. The number of fused-ring (bicyclic) bond motifs is 1. The minimum Gasteiger partial charge on any atom is -0.342 e. The Labute approximate surface area is 164 Å². The van der Waals surface area contributed by atoms with Gasteiger partial charge in [-0.15, -0.1) is 0 Å². The fourth-order valence-corrected chi connectivity index (χ4v) is 3.90. The lowest BCUT2D eigenvalue weighted by Gasteiger charge is -2.20. The largest absolute Gasteiger partial charge is 0.342 e. The van der Waals surface area contributed by atoms with Crippen molar-refractivity contribution >= 4 is 5.91 Å². The van der Waals surface area contributed by atoms with Crippen molar-refractivity contribution in [2.24, 2.45) is 7.05 Å². The molecule has 4 nitrogen and oxygen atoms in total. The highest BCUT2D eigenvalue weighted by molar-refractivity contribution is 5.79. The van der Waals surface area contributed by atoms with Gasteiger partial charge in [-0.1, -0.05) is 30.3 Å². The number of rotatable bonds is 5. The number of hydrogen-bond acceptors (Lipinski definition) is 2. The highest BCUT2D eigenvalue weighted by atomic mass is 19.1. The Morgan fingerprint density at radius 3 is 2.61 bits per heavy atom. The summed E-state index contributed by atoms with van der Waals surface area (Å²) in [5, 5.41) is 3.08. The first kappa shape index (κ1) is 18.4. The van der Waals surface area contributed by atoms with Gasteiger partial charge in [0.25, 0.3) is 0 Å². The molecule has 1 atom stereocenters. The Bertz CT molecular complexity index is 978. The third kappa shape index (κ3) is 3.98. The van der Waals surface area contributed by atoms with Crippen molar-refractivity contribution in [3.8, 4) is 0 Å². The Morgan fingerprint density at radius 1 is 1.14 bits per heavy atom. The monoisotopic (exact) mass is 377 g/mol. The van der Waals surface area contributed by atoms with Gasteiger partial charge >= 0.3 is 0 Å². The molecule has 1 N–H and O–H groups in total. The zero-order valence-corrected chi connectivity index (χ0v) is 16.0. The second-order valence-corrected chi connectivity index (χ2v) is 7.44. The van der Waals surface area contributed by atoms with Crippen molar-refractivity contribution in [3.05, 3.63) is 88.8 Å². The van der Waals surface area contributed by atoms with Crippen LogP contribution in [-0.2, 0) is 31.1 Å². The first-order chi connectivity index (χ1) is 13.6. The summed E-state index contributed by atoms with van der Waals surface area (Å²) in [6, 6.07) is 12.1. The highest BCUT2D eigenvalue weighted by Gasteiger charge is 2.21. The van der Waals surface area contributed by atoms with Crippen LogP contribution in [0.3, 0.4) is 0 Å². The molecule has 0 aliphatic heterocycles. The third-order valence-corrected chi connectivity index (χ3v) is 5.40. The summed E-state index contributed by atoms with van der Waals surface area (Å²) in [7, 11) is 1.88. The van der Waals surface area contributed by atoms with E-state index >= 15 is 0 Å². The first-order valence-electron chi connectivity index (χ1n) is 9.73.